The molecular weight excluding hydrogens is 436 g/mol. The highest BCUT2D eigenvalue weighted by atomic mass is 79.9. The summed E-state index contributed by atoms with van der Waals surface area (Å²) in [5.74, 6) is -0.610. The molecule has 0 aliphatic carbocycles. The molecule has 27 heavy (non-hydrogen) atoms. The van der Waals surface area contributed by atoms with Gasteiger partial charge in [-0.25, -0.2) is 0 Å². The van der Waals surface area contributed by atoms with Crippen LogP contribution >= 0.6 is 27.3 Å². The third-order valence-electron chi connectivity index (χ3n) is 3.41. The lowest BCUT2D eigenvalue weighted by Crippen LogP contribution is -2.52. The first-order valence-electron chi connectivity index (χ1n) is 7.92. The molecule has 0 saturated heterocycles. The molecule has 1 unspecified atom stereocenters. The van der Waals surface area contributed by atoms with Gasteiger partial charge in [-0.2, -0.15) is 0 Å². The first-order chi connectivity index (χ1) is 12.9. The van der Waals surface area contributed by atoms with Gasteiger partial charge in [0.15, 0.2) is 0 Å². The van der Waals surface area contributed by atoms with Crippen molar-refractivity contribution in [3.63, 3.8) is 0 Å². The first kappa shape index (κ1) is 20.7. The van der Waals surface area contributed by atoms with Crippen LogP contribution in [0, 0.1) is 0 Å². The van der Waals surface area contributed by atoms with E-state index >= 15 is 0 Å². The molecule has 0 bridgehead atoms. The van der Waals surface area contributed by atoms with Crippen molar-refractivity contribution in [2.45, 2.75) is 13.0 Å². The number of thiophene rings is 1. The molecule has 0 spiro atoms. The van der Waals surface area contributed by atoms with Gasteiger partial charge in [0.25, 0.3) is 17.7 Å². The van der Waals surface area contributed by atoms with Gasteiger partial charge in [0.05, 0.1) is 22.3 Å². The average Bonchev–Trinajstić information content (AvgIpc) is 3.11. The molecule has 0 aliphatic heterocycles. The Bertz CT molecular complexity index is 810. The lowest BCUT2D eigenvalue weighted by molar-refractivity contribution is -0.128. The number of nitrogens with one attached hydrogen (secondary N) is 4. The van der Waals surface area contributed by atoms with E-state index in [4.69, 9.17) is 4.74 Å². The van der Waals surface area contributed by atoms with E-state index in [1.165, 1.54) is 18.3 Å². The van der Waals surface area contributed by atoms with Crippen LogP contribution in [0.4, 0.5) is 5.69 Å². The molecule has 1 aromatic heterocycles. The molecule has 4 N–H and O–H groups in total. The monoisotopic (exact) mass is 454 g/mol. The molecule has 1 heterocycles. The molecule has 144 valence electrons. The Morgan fingerprint density at radius 2 is 1.81 bits per heavy atom. The van der Waals surface area contributed by atoms with Gasteiger partial charge < -0.3 is 15.4 Å². The van der Waals surface area contributed by atoms with E-state index < -0.39 is 17.9 Å². The summed E-state index contributed by atoms with van der Waals surface area (Å²) in [7, 11) is 1.57. The zero-order valence-electron chi connectivity index (χ0n) is 14.7. The quantitative estimate of drug-likeness (QED) is 0.477. The van der Waals surface area contributed by atoms with E-state index in [1.54, 1.807) is 43.5 Å². The number of hydrogen-bond acceptors (Lipinski definition) is 6. The maximum absolute atomic E-state index is 12.0. The third-order valence-corrected chi connectivity index (χ3v) is 5.03. The average molecular weight is 455 g/mol. The number of hydrazine groups is 1. The summed E-state index contributed by atoms with van der Waals surface area (Å²) in [5, 5.41) is 5.47. The van der Waals surface area contributed by atoms with Gasteiger partial charge in [-0.3, -0.25) is 25.2 Å². The predicted molar refractivity (Wildman–Crippen MR) is 107 cm³/mol. The van der Waals surface area contributed by atoms with Crippen LogP contribution in [0.3, 0.4) is 0 Å². The molecule has 3 amide bonds. The molecule has 1 atom stereocenters. The molecule has 0 fully saturated rings. The number of carbonyl (C=O) groups is 3. The summed E-state index contributed by atoms with van der Waals surface area (Å²) in [6.45, 7) is 1.49. The molecule has 0 aliphatic rings. The summed E-state index contributed by atoms with van der Waals surface area (Å²) in [4.78, 5) is 36.3. The van der Waals surface area contributed by atoms with Gasteiger partial charge in [0, 0.05) is 5.69 Å². The summed E-state index contributed by atoms with van der Waals surface area (Å²) in [6.07, 6.45) is 0. The van der Waals surface area contributed by atoms with E-state index in [9.17, 15) is 14.4 Å². The highest BCUT2D eigenvalue weighted by Crippen LogP contribution is 2.21. The van der Waals surface area contributed by atoms with Gasteiger partial charge in [0.1, 0.15) is 11.8 Å². The standard InChI is InChI=1S/C17H19BrN4O4S/c1-10(20-17(25)13-7-8-14(18)27-13)16(24)22-21-15(23)9-19-11-3-5-12(26-2)6-4-11/h3-8,10,19H,9H2,1-2H3,(H,20,25)(H,21,23)(H,22,24). The van der Waals surface area contributed by atoms with Crippen LogP contribution in [0.1, 0.15) is 16.6 Å². The summed E-state index contributed by atoms with van der Waals surface area (Å²) in [5.41, 5.74) is 5.31. The van der Waals surface area contributed by atoms with Gasteiger partial charge in [-0.05, 0) is 59.3 Å². The smallest absolute Gasteiger partial charge is 0.262 e. The van der Waals surface area contributed by atoms with Crippen LogP contribution in [0.15, 0.2) is 40.2 Å². The van der Waals surface area contributed by atoms with E-state index in [2.05, 4.69) is 37.4 Å². The summed E-state index contributed by atoms with van der Waals surface area (Å²) in [6, 6.07) is 9.66. The van der Waals surface area contributed by atoms with Crippen molar-refractivity contribution in [1.82, 2.24) is 16.2 Å². The zero-order chi connectivity index (χ0) is 19.8. The molecule has 0 saturated carbocycles. The summed E-state index contributed by atoms with van der Waals surface area (Å²) < 4.78 is 5.87. The van der Waals surface area contributed by atoms with Crippen molar-refractivity contribution in [2.24, 2.45) is 0 Å². The Morgan fingerprint density at radius 3 is 2.41 bits per heavy atom. The number of halogens is 1. The second-order valence-corrected chi connectivity index (χ2v) is 7.88. The number of anilines is 1. The Hall–Kier alpha value is -2.59. The van der Waals surface area contributed by atoms with Crippen LogP contribution in [0.2, 0.25) is 0 Å². The highest BCUT2D eigenvalue weighted by molar-refractivity contribution is 9.11. The SMILES string of the molecule is COc1ccc(NCC(=O)NNC(=O)C(C)NC(=O)c2ccc(Br)s2)cc1. The lowest BCUT2D eigenvalue weighted by atomic mass is 10.3. The Balaban J connectivity index is 1.71. The number of hydrogen-bond donors (Lipinski definition) is 4. The number of ether oxygens (including phenoxy) is 1. The van der Waals surface area contributed by atoms with Gasteiger partial charge in [-0.15, -0.1) is 11.3 Å². The van der Waals surface area contributed by atoms with Crippen LogP contribution < -0.4 is 26.2 Å². The fourth-order valence-corrected chi connectivity index (χ4v) is 3.23. The minimum atomic E-state index is -0.812. The molecular formula is C17H19BrN4O4S. The first-order valence-corrected chi connectivity index (χ1v) is 9.53. The number of methoxy groups -OCH3 is 1. The van der Waals surface area contributed by atoms with Gasteiger partial charge >= 0.3 is 0 Å². The maximum atomic E-state index is 12.0. The second-order valence-electron chi connectivity index (χ2n) is 5.42. The van der Waals surface area contributed by atoms with E-state index in [0.717, 1.165) is 9.47 Å². The molecule has 8 nitrogen and oxygen atoms in total. The van der Waals surface area contributed by atoms with Gasteiger partial charge in [-0.1, -0.05) is 0 Å². The second kappa shape index (κ2) is 9.93. The maximum Gasteiger partial charge on any atom is 0.262 e. The van der Waals surface area contributed by atoms with E-state index in [0.29, 0.717) is 10.6 Å². The fourth-order valence-electron chi connectivity index (χ4n) is 1.94. The fraction of sp³-hybridized carbons (Fsp3) is 0.235. The third kappa shape index (κ3) is 6.57. The van der Waals surface area contributed by atoms with Crippen molar-refractivity contribution < 1.29 is 19.1 Å². The topological polar surface area (TPSA) is 109 Å². The van der Waals surface area contributed by atoms with Crippen molar-refractivity contribution in [3.05, 3.63) is 45.1 Å². The van der Waals surface area contributed by atoms with Crippen molar-refractivity contribution in [2.75, 3.05) is 19.0 Å². The van der Waals surface area contributed by atoms with Crippen LogP contribution in [0.5, 0.6) is 5.75 Å². The van der Waals surface area contributed by atoms with Crippen molar-refractivity contribution in [1.29, 1.82) is 0 Å². The molecule has 1 aromatic carbocycles. The van der Waals surface area contributed by atoms with Crippen LogP contribution in [-0.4, -0.2) is 37.4 Å². The van der Waals surface area contributed by atoms with Crippen molar-refractivity contribution in [3.8, 4) is 5.75 Å². The molecule has 10 heteroatoms. The van der Waals surface area contributed by atoms with Crippen molar-refractivity contribution >= 4 is 50.7 Å². The molecule has 2 rings (SSSR count). The van der Waals surface area contributed by atoms with Crippen LogP contribution in [-0.2, 0) is 9.59 Å². The largest absolute Gasteiger partial charge is 0.497 e. The highest BCUT2D eigenvalue weighted by Gasteiger charge is 2.18. The van der Waals surface area contributed by atoms with Crippen LogP contribution in [0.25, 0.3) is 0 Å². The molecule has 0 radical (unpaired) electrons. The predicted octanol–water partition coefficient (Wildman–Crippen LogP) is 1.90. The number of carbonyl (C=O) groups excluding carboxylic acids is 3. The minimum absolute atomic E-state index is 0.0312. The number of benzene rings is 1. The number of amides is 3. The Kier molecular flexibility index (Phi) is 7.62. The normalized spacial score (nSPS) is 11.2. The molecule has 2 aromatic rings. The van der Waals surface area contributed by atoms with E-state index in [1.807, 2.05) is 0 Å². The minimum Gasteiger partial charge on any atom is -0.497 e. The number of rotatable bonds is 7. The van der Waals surface area contributed by atoms with E-state index in [-0.39, 0.29) is 12.5 Å². The Morgan fingerprint density at radius 1 is 1.11 bits per heavy atom. The lowest BCUT2D eigenvalue weighted by Gasteiger charge is -2.14. The summed E-state index contributed by atoms with van der Waals surface area (Å²) >= 11 is 4.54. The Labute approximate surface area is 168 Å². The van der Waals surface area contributed by atoms with Gasteiger partial charge in [0.2, 0.25) is 0 Å². The zero-order valence-corrected chi connectivity index (χ0v) is 17.1.